The first-order valence-electron chi connectivity index (χ1n) is 7.96. The minimum Gasteiger partial charge on any atom is -0.478 e. The number of rotatable bonds is 5. The van der Waals surface area contributed by atoms with Crippen molar-refractivity contribution in [2.24, 2.45) is 0 Å². The maximum absolute atomic E-state index is 11.1. The molecule has 4 rings (SSSR count). The molecule has 0 saturated carbocycles. The summed E-state index contributed by atoms with van der Waals surface area (Å²) in [5, 5.41) is 11.1. The van der Waals surface area contributed by atoms with Gasteiger partial charge in [0.05, 0.1) is 5.56 Å². The van der Waals surface area contributed by atoms with E-state index in [9.17, 15) is 4.79 Å². The quantitative estimate of drug-likeness (QED) is 0.375. The van der Waals surface area contributed by atoms with E-state index in [4.69, 9.17) is 5.11 Å². The smallest absolute Gasteiger partial charge is 0.335 e. The van der Waals surface area contributed by atoms with Gasteiger partial charge < -0.3 is 5.11 Å². The van der Waals surface area contributed by atoms with Crippen LogP contribution >= 0.6 is 23.1 Å². The molecule has 0 aliphatic carbocycles. The molecule has 2 aromatic heterocycles. The van der Waals surface area contributed by atoms with E-state index in [-0.39, 0.29) is 0 Å². The molecule has 0 aliphatic heterocycles. The first-order valence-corrected chi connectivity index (χ1v) is 9.76. The number of carboxylic acids is 1. The van der Waals surface area contributed by atoms with Crippen LogP contribution in [0.4, 0.5) is 0 Å². The monoisotopic (exact) mass is 378 g/mol. The van der Waals surface area contributed by atoms with Crippen LogP contribution in [0.25, 0.3) is 20.7 Å². The van der Waals surface area contributed by atoms with E-state index in [1.807, 2.05) is 24.3 Å². The molecule has 128 valence electrons. The second kappa shape index (κ2) is 7.27. The summed E-state index contributed by atoms with van der Waals surface area (Å²) < 4.78 is 0. The number of nitrogens with zero attached hydrogens (tertiary/aromatic N) is 2. The summed E-state index contributed by atoms with van der Waals surface area (Å²) in [6.45, 7) is 0. The number of thioether (sulfide) groups is 1. The van der Waals surface area contributed by atoms with Crippen molar-refractivity contribution < 1.29 is 9.90 Å². The van der Waals surface area contributed by atoms with Gasteiger partial charge in [-0.05, 0) is 29.3 Å². The lowest BCUT2D eigenvalue weighted by Crippen LogP contribution is -1.96. The Morgan fingerprint density at radius 3 is 2.69 bits per heavy atom. The third kappa shape index (κ3) is 3.47. The van der Waals surface area contributed by atoms with Gasteiger partial charge in [0.25, 0.3) is 0 Å². The fourth-order valence-electron chi connectivity index (χ4n) is 2.64. The van der Waals surface area contributed by atoms with Gasteiger partial charge in [0.1, 0.15) is 16.2 Å². The van der Waals surface area contributed by atoms with Crippen LogP contribution in [0.3, 0.4) is 0 Å². The van der Waals surface area contributed by atoms with E-state index in [2.05, 4.69) is 28.2 Å². The maximum Gasteiger partial charge on any atom is 0.335 e. The van der Waals surface area contributed by atoms with Crippen molar-refractivity contribution in [3.05, 3.63) is 78.1 Å². The molecule has 4 nitrogen and oxygen atoms in total. The predicted octanol–water partition coefficient (Wildman–Crippen LogP) is 5.35. The van der Waals surface area contributed by atoms with E-state index in [1.54, 1.807) is 47.6 Å². The number of aromatic nitrogens is 2. The van der Waals surface area contributed by atoms with Crippen molar-refractivity contribution in [1.29, 1.82) is 0 Å². The molecule has 0 spiro atoms. The molecule has 0 unspecified atom stereocenters. The minimum absolute atomic E-state index is 0.304. The van der Waals surface area contributed by atoms with E-state index in [0.717, 1.165) is 25.7 Å². The van der Waals surface area contributed by atoms with Crippen molar-refractivity contribution in [1.82, 2.24) is 9.97 Å². The van der Waals surface area contributed by atoms with E-state index < -0.39 is 5.97 Å². The maximum atomic E-state index is 11.1. The average Bonchev–Trinajstić information content (AvgIpc) is 3.12. The Labute approximate surface area is 158 Å². The zero-order valence-electron chi connectivity index (χ0n) is 13.6. The highest BCUT2D eigenvalue weighted by Gasteiger charge is 2.11. The van der Waals surface area contributed by atoms with E-state index in [1.165, 1.54) is 5.56 Å². The van der Waals surface area contributed by atoms with Crippen LogP contribution < -0.4 is 0 Å². The highest BCUT2D eigenvalue weighted by molar-refractivity contribution is 7.98. The number of thiophene rings is 1. The summed E-state index contributed by atoms with van der Waals surface area (Å²) >= 11 is 3.24. The van der Waals surface area contributed by atoms with Gasteiger partial charge in [0.15, 0.2) is 0 Å². The Hall–Kier alpha value is -2.70. The summed E-state index contributed by atoms with van der Waals surface area (Å²) in [7, 11) is 0. The van der Waals surface area contributed by atoms with Gasteiger partial charge in [0, 0.05) is 16.0 Å². The number of benzene rings is 2. The minimum atomic E-state index is -0.911. The van der Waals surface area contributed by atoms with Crippen molar-refractivity contribution in [2.45, 2.75) is 10.8 Å². The number of hydrogen-bond donors (Lipinski definition) is 1. The van der Waals surface area contributed by atoms with Gasteiger partial charge in [-0.1, -0.05) is 42.5 Å². The van der Waals surface area contributed by atoms with Crippen LogP contribution in [0.15, 0.2) is 72.0 Å². The van der Waals surface area contributed by atoms with Crippen LogP contribution in [0.5, 0.6) is 0 Å². The highest BCUT2D eigenvalue weighted by atomic mass is 32.2. The standard InChI is InChI=1S/C20H14N2O2S2/c23-20(24)15-8-4-5-13(9-15)11-25-18-16-10-17(14-6-2-1-3-7-14)26-19(16)22-12-21-18/h1-10,12H,11H2,(H,23,24). The van der Waals surface area contributed by atoms with Gasteiger partial charge >= 0.3 is 5.97 Å². The molecule has 0 amide bonds. The van der Waals surface area contributed by atoms with E-state index >= 15 is 0 Å². The predicted molar refractivity (Wildman–Crippen MR) is 106 cm³/mol. The third-order valence-corrected chi connectivity index (χ3v) is 6.07. The number of aromatic carboxylic acids is 1. The number of hydrogen-bond acceptors (Lipinski definition) is 5. The van der Waals surface area contributed by atoms with Crippen molar-refractivity contribution in [2.75, 3.05) is 0 Å². The molecule has 0 atom stereocenters. The largest absolute Gasteiger partial charge is 0.478 e. The van der Waals surface area contributed by atoms with Crippen LogP contribution in [0.1, 0.15) is 15.9 Å². The highest BCUT2D eigenvalue weighted by Crippen LogP contribution is 2.36. The zero-order valence-corrected chi connectivity index (χ0v) is 15.3. The van der Waals surface area contributed by atoms with Gasteiger partial charge in [-0.3, -0.25) is 0 Å². The lowest BCUT2D eigenvalue weighted by Gasteiger charge is -2.03. The Balaban J connectivity index is 1.62. The Kier molecular flexibility index (Phi) is 4.69. The number of fused-ring (bicyclic) bond motifs is 1. The molecular weight excluding hydrogens is 364 g/mol. The fourth-order valence-corrected chi connectivity index (χ4v) is 4.62. The molecule has 2 heterocycles. The summed E-state index contributed by atoms with van der Waals surface area (Å²) in [6.07, 6.45) is 1.59. The Morgan fingerprint density at radius 2 is 1.88 bits per heavy atom. The molecule has 6 heteroatoms. The van der Waals surface area contributed by atoms with Gasteiger partial charge in [-0.15, -0.1) is 23.1 Å². The molecular formula is C20H14N2O2S2. The topological polar surface area (TPSA) is 63.1 Å². The molecule has 0 saturated heterocycles. The summed E-state index contributed by atoms with van der Waals surface area (Å²) in [6, 6.07) is 19.4. The summed E-state index contributed by atoms with van der Waals surface area (Å²) in [4.78, 5) is 22.1. The zero-order chi connectivity index (χ0) is 17.9. The summed E-state index contributed by atoms with van der Waals surface area (Å²) in [5.74, 6) is -0.254. The van der Waals surface area contributed by atoms with Crippen LogP contribution in [-0.4, -0.2) is 21.0 Å². The second-order valence-electron chi connectivity index (χ2n) is 5.67. The van der Waals surface area contributed by atoms with Crippen molar-refractivity contribution in [3.8, 4) is 10.4 Å². The first-order chi connectivity index (χ1) is 12.7. The van der Waals surface area contributed by atoms with Crippen LogP contribution in [0, 0.1) is 0 Å². The molecule has 0 radical (unpaired) electrons. The molecule has 4 aromatic rings. The molecule has 26 heavy (non-hydrogen) atoms. The number of carboxylic acid groups (broad SMARTS) is 1. The van der Waals surface area contributed by atoms with E-state index in [0.29, 0.717) is 11.3 Å². The van der Waals surface area contributed by atoms with Gasteiger partial charge in [-0.2, -0.15) is 0 Å². The Bertz CT molecular complexity index is 1080. The first kappa shape index (κ1) is 16.8. The second-order valence-corrected chi connectivity index (χ2v) is 7.66. The van der Waals surface area contributed by atoms with Crippen molar-refractivity contribution in [3.63, 3.8) is 0 Å². The lowest BCUT2D eigenvalue weighted by atomic mass is 10.1. The van der Waals surface area contributed by atoms with Crippen molar-refractivity contribution >= 4 is 39.3 Å². The molecule has 0 bridgehead atoms. The fraction of sp³-hybridized carbons (Fsp3) is 0.0500. The van der Waals surface area contributed by atoms with Crippen LogP contribution in [0.2, 0.25) is 0 Å². The van der Waals surface area contributed by atoms with Gasteiger partial charge in [0.2, 0.25) is 0 Å². The normalized spacial score (nSPS) is 10.9. The van der Waals surface area contributed by atoms with Gasteiger partial charge in [-0.25, -0.2) is 14.8 Å². The molecule has 0 fully saturated rings. The SMILES string of the molecule is O=C(O)c1cccc(CSc2ncnc3sc(-c4ccccc4)cc23)c1. The summed E-state index contributed by atoms with van der Waals surface area (Å²) in [5.41, 5.74) is 2.43. The molecule has 2 aromatic carbocycles. The third-order valence-electron chi connectivity index (χ3n) is 3.90. The molecule has 1 N–H and O–H groups in total. The lowest BCUT2D eigenvalue weighted by molar-refractivity contribution is 0.0697. The number of carbonyl (C=O) groups is 1. The molecule has 0 aliphatic rings. The average molecular weight is 378 g/mol. The van der Waals surface area contributed by atoms with Crippen LogP contribution in [-0.2, 0) is 5.75 Å². The Morgan fingerprint density at radius 1 is 1.04 bits per heavy atom.